The maximum atomic E-state index is 11.1. The van der Waals surface area contributed by atoms with E-state index >= 15 is 0 Å². The number of fused-ring (bicyclic) bond motifs is 2. The topological polar surface area (TPSA) is 57.5 Å². The molecule has 0 heterocycles. The zero-order valence-corrected chi connectivity index (χ0v) is 8.79. The van der Waals surface area contributed by atoms with Crippen LogP contribution in [0, 0.1) is 17.3 Å². The number of hydrogen-bond acceptors (Lipinski definition) is 2. The van der Waals surface area contributed by atoms with Gasteiger partial charge in [0.15, 0.2) is 0 Å². The Kier molecular flexibility index (Phi) is 1.94. The van der Waals surface area contributed by atoms with Crippen molar-refractivity contribution >= 4 is 5.97 Å². The quantitative estimate of drug-likeness (QED) is 0.709. The first kappa shape index (κ1) is 9.97. The van der Waals surface area contributed by atoms with Crippen LogP contribution >= 0.6 is 0 Å². The normalized spacial score (nSPS) is 41.6. The van der Waals surface area contributed by atoms with Crippen LogP contribution in [0.25, 0.3) is 0 Å². The molecule has 3 unspecified atom stereocenters. The molecule has 3 nitrogen and oxygen atoms in total. The third-order valence-corrected chi connectivity index (χ3v) is 4.43. The molecule has 2 bridgehead atoms. The highest BCUT2D eigenvalue weighted by atomic mass is 16.4. The van der Waals surface area contributed by atoms with Crippen molar-refractivity contribution in [2.45, 2.75) is 45.1 Å². The summed E-state index contributed by atoms with van der Waals surface area (Å²) in [7, 11) is 0. The van der Waals surface area contributed by atoms with E-state index in [0.717, 1.165) is 12.8 Å². The minimum atomic E-state index is -1.01. The summed E-state index contributed by atoms with van der Waals surface area (Å²) >= 11 is 0. The molecule has 0 radical (unpaired) electrons. The SMILES string of the molecule is CC(C)(C(=O)O)C1(O)CC2CCC1C2. The van der Waals surface area contributed by atoms with Gasteiger partial charge in [-0.25, -0.2) is 0 Å². The minimum absolute atomic E-state index is 0.207. The van der Waals surface area contributed by atoms with Crippen molar-refractivity contribution < 1.29 is 15.0 Å². The van der Waals surface area contributed by atoms with Crippen LogP contribution in [0.3, 0.4) is 0 Å². The van der Waals surface area contributed by atoms with Crippen molar-refractivity contribution in [1.29, 1.82) is 0 Å². The Morgan fingerprint density at radius 1 is 1.43 bits per heavy atom. The third-order valence-electron chi connectivity index (χ3n) is 4.43. The lowest BCUT2D eigenvalue weighted by atomic mass is 9.66. The van der Waals surface area contributed by atoms with Gasteiger partial charge in [0.05, 0.1) is 11.0 Å². The standard InChI is InChI=1S/C11H18O3/c1-10(2,9(12)13)11(14)6-7-3-4-8(11)5-7/h7-8,14H,3-6H2,1-2H3,(H,12,13). The van der Waals surface area contributed by atoms with Crippen LogP contribution in [0.15, 0.2) is 0 Å². The van der Waals surface area contributed by atoms with Gasteiger partial charge in [0.25, 0.3) is 0 Å². The summed E-state index contributed by atoms with van der Waals surface area (Å²) in [6.07, 6.45) is 3.87. The summed E-state index contributed by atoms with van der Waals surface area (Å²) < 4.78 is 0. The van der Waals surface area contributed by atoms with Crippen LogP contribution in [0.4, 0.5) is 0 Å². The summed E-state index contributed by atoms with van der Waals surface area (Å²) in [6.45, 7) is 3.30. The number of carboxylic acid groups (broad SMARTS) is 1. The van der Waals surface area contributed by atoms with Crippen LogP contribution < -0.4 is 0 Å². The molecule has 0 aromatic heterocycles. The van der Waals surface area contributed by atoms with E-state index in [1.807, 2.05) is 0 Å². The van der Waals surface area contributed by atoms with Crippen molar-refractivity contribution in [3.8, 4) is 0 Å². The molecule has 80 valence electrons. The van der Waals surface area contributed by atoms with Gasteiger partial charge in [0, 0.05) is 0 Å². The summed E-state index contributed by atoms with van der Waals surface area (Å²) in [5.41, 5.74) is -1.98. The number of aliphatic hydroxyl groups is 1. The number of rotatable bonds is 2. The molecule has 0 aliphatic heterocycles. The molecule has 2 N–H and O–H groups in total. The largest absolute Gasteiger partial charge is 0.481 e. The van der Waals surface area contributed by atoms with Crippen LogP contribution in [0.1, 0.15) is 39.5 Å². The molecule has 3 atom stereocenters. The fraction of sp³-hybridized carbons (Fsp3) is 0.909. The molecule has 2 fully saturated rings. The summed E-state index contributed by atoms with van der Waals surface area (Å²) in [4.78, 5) is 11.1. The molecule has 0 aromatic rings. The van der Waals surface area contributed by atoms with E-state index in [1.165, 1.54) is 6.42 Å². The predicted molar refractivity (Wildman–Crippen MR) is 51.8 cm³/mol. The highest BCUT2D eigenvalue weighted by molar-refractivity contribution is 5.75. The Bertz CT molecular complexity index is 272. The lowest BCUT2D eigenvalue weighted by molar-refractivity contribution is -0.172. The molecule has 2 aliphatic carbocycles. The zero-order chi connectivity index (χ0) is 10.6. The van der Waals surface area contributed by atoms with Crippen molar-refractivity contribution in [2.24, 2.45) is 17.3 Å². The monoisotopic (exact) mass is 198 g/mol. The van der Waals surface area contributed by atoms with E-state index in [1.54, 1.807) is 13.8 Å². The average Bonchev–Trinajstić information content (AvgIpc) is 2.63. The van der Waals surface area contributed by atoms with Gasteiger partial charge in [0.2, 0.25) is 0 Å². The Hall–Kier alpha value is -0.570. The Labute approximate surface area is 84.1 Å². The number of aliphatic carboxylic acids is 1. The predicted octanol–water partition coefficient (Wildman–Crippen LogP) is 1.65. The van der Waals surface area contributed by atoms with Gasteiger partial charge >= 0.3 is 5.97 Å². The van der Waals surface area contributed by atoms with Crippen LogP contribution in [-0.2, 0) is 4.79 Å². The third kappa shape index (κ3) is 1.05. The van der Waals surface area contributed by atoms with E-state index in [0.29, 0.717) is 12.3 Å². The summed E-state index contributed by atoms with van der Waals surface area (Å²) in [6, 6.07) is 0. The highest BCUT2D eigenvalue weighted by Gasteiger charge is 2.60. The first-order valence-corrected chi connectivity index (χ1v) is 5.33. The highest BCUT2D eigenvalue weighted by Crippen LogP contribution is 2.57. The van der Waals surface area contributed by atoms with Crippen molar-refractivity contribution in [3.63, 3.8) is 0 Å². The van der Waals surface area contributed by atoms with Gasteiger partial charge in [-0.15, -0.1) is 0 Å². The van der Waals surface area contributed by atoms with Crippen LogP contribution in [0.5, 0.6) is 0 Å². The first-order chi connectivity index (χ1) is 6.38. The van der Waals surface area contributed by atoms with Gasteiger partial charge in [0.1, 0.15) is 0 Å². The Balaban J connectivity index is 2.29. The van der Waals surface area contributed by atoms with Crippen LogP contribution in [-0.4, -0.2) is 21.8 Å². The fourth-order valence-electron chi connectivity index (χ4n) is 3.25. The Morgan fingerprint density at radius 3 is 2.43 bits per heavy atom. The molecule has 2 aliphatic rings. The van der Waals surface area contributed by atoms with Crippen molar-refractivity contribution in [1.82, 2.24) is 0 Å². The lowest BCUT2D eigenvalue weighted by Gasteiger charge is -2.42. The van der Waals surface area contributed by atoms with E-state index < -0.39 is 17.0 Å². The maximum Gasteiger partial charge on any atom is 0.312 e. The molecule has 14 heavy (non-hydrogen) atoms. The summed E-state index contributed by atoms with van der Waals surface area (Å²) in [5, 5.41) is 19.6. The first-order valence-electron chi connectivity index (χ1n) is 5.33. The van der Waals surface area contributed by atoms with E-state index in [-0.39, 0.29) is 5.92 Å². The van der Waals surface area contributed by atoms with Crippen LogP contribution in [0.2, 0.25) is 0 Å². The second kappa shape index (κ2) is 2.72. The molecule has 0 saturated heterocycles. The number of carboxylic acids is 1. The second-order valence-electron chi connectivity index (χ2n) is 5.43. The smallest absolute Gasteiger partial charge is 0.312 e. The average molecular weight is 198 g/mol. The fourth-order valence-corrected chi connectivity index (χ4v) is 3.25. The molecule has 2 saturated carbocycles. The summed E-state index contributed by atoms with van der Waals surface area (Å²) in [5.74, 6) is -0.116. The lowest BCUT2D eigenvalue weighted by Crippen LogP contribution is -2.53. The van der Waals surface area contributed by atoms with Gasteiger partial charge in [-0.1, -0.05) is 0 Å². The Morgan fingerprint density at radius 2 is 2.07 bits per heavy atom. The zero-order valence-electron chi connectivity index (χ0n) is 8.79. The molecular formula is C11H18O3. The molecule has 0 amide bonds. The molecule has 0 aromatic carbocycles. The van der Waals surface area contributed by atoms with Crippen molar-refractivity contribution in [2.75, 3.05) is 0 Å². The number of hydrogen-bond donors (Lipinski definition) is 2. The van der Waals surface area contributed by atoms with E-state index in [2.05, 4.69) is 0 Å². The van der Waals surface area contributed by atoms with E-state index in [4.69, 9.17) is 5.11 Å². The van der Waals surface area contributed by atoms with Gasteiger partial charge < -0.3 is 10.2 Å². The molecular weight excluding hydrogens is 180 g/mol. The number of carbonyl (C=O) groups is 1. The maximum absolute atomic E-state index is 11.1. The van der Waals surface area contributed by atoms with Gasteiger partial charge in [-0.05, 0) is 51.4 Å². The molecule has 3 heteroatoms. The second-order valence-corrected chi connectivity index (χ2v) is 5.43. The molecule has 2 rings (SSSR count). The molecule has 0 spiro atoms. The van der Waals surface area contributed by atoms with Gasteiger partial charge in [-0.2, -0.15) is 0 Å². The van der Waals surface area contributed by atoms with Crippen molar-refractivity contribution in [3.05, 3.63) is 0 Å². The van der Waals surface area contributed by atoms with E-state index in [9.17, 15) is 9.90 Å². The minimum Gasteiger partial charge on any atom is -0.481 e. The van der Waals surface area contributed by atoms with Gasteiger partial charge in [-0.3, -0.25) is 4.79 Å².